The Morgan fingerprint density at radius 2 is 1.81 bits per heavy atom. The molecule has 4 rings (SSSR count). The van der Waals surface area contributed by atoms with Gasteiger partial charge in [0.2, 0.25) is 0 Å². The van der Waals surface area contributed by atoms with Gasteiger partial charge in [0.1, 0.15) is 5.60 Å². The Bertz CT molecular complexity index is 683. The van der Waals surface area contributed by atoms with Gasteiger partial charge in [-0.1, -0.05) is 6.07 Å². The molecular formula is C21H31N3O2. The van der Waals surface area contributed by atoms with E-state index in [0.717, 1.165) is 45.2 Å². The van der Waals surface area contributed by atoms with Crippen LogP contribution in [0.25, 0.3) is 0 Å². The number of hydrogen-bond acceptors (Lipinski definition) is 4. The van der Waals surface area contributed by atoms with Crippen LogP contribution in [-0.4, -0.2) is 47.8 Å². The van der Waals surface area contributed by atoms with Crippen LogP contribution in [0.3, 0.4) is 0 Å². The van der Waals surface area contributed by atoms with Crippen molar-refractivity contribution in [2.24, 2.45) is 5.73 Å². The van der Waals surface area contributed by atoms with Gasteiger partial charge in [0.15, 0.2) is 0 Å². The van der Waals surface area contributed by atoms with E-state index in [9.17, 15) is 4.79 Å². The van der Waals surface area contributed by atoms with Crippen LogP contribution in [0, 0.1) is 0 Å². The lowest BCUT2D eigenvalue weighted by Crippen LogP contribution is -2.56. The zero-order valence-corrected chi connectivity index (χ0v) is 16.2. The number of carbonyl (C=O) groups excluding carboxylic acids is 1. The molecular weight excluding hydrogens is 326 g/mol. The number of carbonyl (C=O) groups is 1. The second-order valence-electron chi connectivity index (χ2n) is 9.13. The molecule has 2 aliphatic heterocycles. The molecule has 2 heterocycles. The fourth-order valence-electron chi connectivity index (χ4n) is 4.69. The number of nitrogens with zero attached hydrogens (tertiary/aromatic N) is 2. The standard InChI is InChI=1S/C21H31N3O2/c1-21(2,3)26-20(25)24-18-8-9-19(24)13-23(12-18)17-7-5-14-10-16(22)6-4-15(14)11-17/h5,7,11,16,18-19H,4,6,8-10,12-13,22H2,1-3H3/t16-,18-,19+/m0/s1. The van der Waals surface area contributed by atoms with E-state index in [-0.39, 0.29) is 18.2 Å². The van der Waals surface area contributed by atoms with Gasteiger partial charge in [0.05, 0.1) is 12.1 Å². The molecule has 2 fully saturated rings. The number of hydrogen-bond donors (Lipinski definition) is 1. The maximum Gasteiger partial charge on any atom is 0.410 e. The molecule has 1 aliphatic carbocycles. The van der Waals surface area contributed by atoms with E-state index >= 15 is 0 Å². The number of ether oxygens (including phenoxy) is 1. The van der Waals surface area contributed by atoms with Crippen molar-refractivity contribution in [1.29, 1.82) is 0 Å². The van der Waals surface area contributed by atoms with E-state index in [1.807, 2.05) is 25.7 Å². The predicted molar refractivity (Wildman–Crippen MR) is 104 cm³/mol. The summed E-state index contributed by atoms with van der Waals surface area (Å²) in [6, 6.07) is 7.66. The average molecular weight is 357 g/mol. The third-order valence-electron chi connectivity index (χ3n) is 5.91. The highest BCUT2D eigenvalue weighted by atomic mass is 16.6. The van der Waals surface area contributed by atoms with Gasteiger partial charge in [0.25, 0.3) is 0 Å². The van der Waals surface area contributed by atoms with Crippen LogP contribution in [0.2, 0.25) is 0 Å². The number of anilines is 1. The smallest absolute Gasteiger partial charge is 0.410 e. The highest BCUT2D eigenvalue weighted by Crippen LogP contribution is 2.35. The van der Waals surface area contributed by atoms with E-state index in [4.69, 9.17) is 10.5 Å². The average Bonchev–Trinajstić information content (AvgIpc) is 2.83. The first-order chi connectivity index (χ1) is 12.3. The first kappa shape index (κ1) is 17.7. The van der Waals surface area contributed by atoms with Gasteiger partial charge in [-0.3, -0.25) is 4.90 Å². The van der Waals surface area contributed by atoms with Crippen molar-refractivity contribution < 1.29 is 9.53 Å². The molecule has 2 bridgehead atoms. The van der Waals surface area contributed by atoms with Gasteiger partial charge in [-0.25, -0.2) is 4.79 Å². The minimum Gasteiger partial charge on any atom is -0.444 e. The van der Waals surface area contributed by atoms with Crippen molar-refractivity contribution in [3.8, 4) is 0 Å². The van der Waals surface area contributed by atoms with Crippen molar-refractivity contribution in [2.45, 2.75) is 76.6 Å². The molecule has 26 heavy (non-hydrogen) atoms. The summed E-state index contributed by atoms with van der Waals surface area (Å²) in [7, 11) is 0. The molecule has 0 aromatic heterocycles. The number of rotatable bonds is 1. The van der Waals surface area contributed by atoms with Gasteiger partial charge in [-0.2, -0.15) is 0 Å². The van der Waals surface area contributed by atoms with Crippen molar-refractivity contribution >= 4 is 11.8 Å². The second-order valence-corrected chi connectivity index (χ2v) is 9.13. The third-order valence-corrected chi connectivity index (χ3v) is 5.91. The molecule has 3 aliphatic rings. The van der Waals surface area contributed by atoms with Crippen LogP contribution in [0.1, 0.15) is 51.2 Å². The maximum absolute atomic E-state index is 12.6. The molecule has 1 aromatic rings. The maximum atomic E-state index is 12.6. The monoisotopic (exact) mass is 357 g/mol. The Labute approximate surface area is 156 Å². The quantitative estimate of drug-likeness (QED) is 0.839. The molecule has 2 N–H and O–H groups in total. The van der Waals surface area contributed by atoms with E-state index in [1.54, 1.807) is 0 Å². The SMILES string of the molecule is CC(C)(C)OC(=O)N1[C@@H]2CC[C@H]1CN(c1ccc3c(c1)CC[C@H](N)C3)C2. The summed E-state index contributed by atoms with van der Waals surface area (Å²) < 4.78 is 5.64. The van der Waals surface area contributed by atoms with Crippen LogP contribution in [0.5, 0.6) is 0 Å². The summed E-state index contributed by atoms with van der Waals surface area (Å²) in [5, 5.41) is 0. The summed E-state index contributed by atoms with van der Waals surface area (Å²) in [6.07, 6.45) is 5.14. The van der Waals surface area contributed by atoms with Crippen molar-refractivity contribution in [2.75, 3.05) is 18.0 Å². The summed E-state index contributed by atoms with van der Waals surface area (Å²) in [4.78, 5) is 17.1. The highest BCUT2D eigenvalue weighted by Gasteiger charge is 2.44. The van der Waals surface area contributed by atoms with Gasteiger partial charge >= 0.3 is 6.09 Å². The zero-order chi connectivity index (χ0) is 18.5. The van der Waals surface area contributed by atoms with Gasteiger partial charge in [-0.15, -0.1) is 0 Å². The first-order valence-electron chi connectivity index (χ1n) is 9.94. The number of piperazine rings is 1. The molecule has 1 amide bonds. The van der Waals surface area contributed by atoms with Crippen LogP contribution in [-0.2, 0) is 17.6 Å². The Balaban J connectivity index is 1.48. The lowest BCUT2D eigenvalue weighted by molar-refractivity contribution is 0.0123. The number of aryl methyl sites for hydroxylation is 1. The molecule has 0 saturated carbocycles. The molecule has 0 unspecified atom stereocenters. The minimum absolute atomic E-state index is 0.149. The zero-order valence-electron chi connectivity index (χ0n) is 16.2. The Morgan fingerprint density at radius 3 is 2.46 bits per heavy atom. The molecule has 5 heteroatoms. The number of amides is 1. The lowest BCUT2D eigenvalue weighted by atomic mass is 9.88. The predicted octanol–water partition coefficient (Wildman–Crippen LogP) is 3.09. The fraction of sp³-hybridized carbons (Fsp3) is 0.667. The molecule has 2 saturated heterocycles. The topological polar surface area (TPSA) is 58.8 Å². The summed E-state index contributed by atoms with van der Waals surface area (Å²) >= 11 is 0. The molecule has 1 aromatic carbocycles. The van der Waals surface area contributed by atoms with Crippen molar-refractivity contribution in [1.82, 2.24) is 4.90 Å². The summed E-state index contributed by atoms with van der Waals surface area (Å²) in [6.45, 7) is 7.59. The van der Waals surface area contributed by atoms with E-state index in [1.165, 1.54) is 16.8 Å². The largest absolute Gasteiger partial charge is 0.444 e. The number of nitrogens with two attached hydrogens (primary N) is 1. The highest BCUT2D eigenvalue weighted by molar-refractivity contribution is 5.70. The second kappa shape index (κ2) is 6.45. The van der Waals surface area contributed by atoms with Crippen LogP contribution in [0.4, 0.5) is 10.5 Å². The minimum atomic E-state index is -0.437. The Morgan fingerprint density at radius 1 is 1.12 bits per heavy atom. The molecule has 142 valence electrons. The van der Waals surface area contributed by atoms with Crippen molar-refractivity contribution in [3.63, 3.8) is 0 Å². The first-order valence-corrected chi connectivity index (χ1v) is 9.94. The third kappa shape index (κ3) is 3.41. The van der Waals surface area contributed by atoms with E-state index in [2.05, 4.69) is 23.1 Å². The Hall–Kier alpha value is -1.75. The summed E-state index contributed by atoms with van der Waals surface area (Å²) in [5.74, 6) is 0. The summed E-state index contributed by atoms with van der Waals surface area (Å²) in [5.41, 5.74) is 9.81. The van der Waals surface area contributed by atoms with E-state index < -0.39 is 5.60 Å². The van der Waals surface area contributed by atoms with Crippen LogP contribution < -0.4 is 10.6 Å². The van der Waals surface area contributed by atoms with Gasteiger partial charge in [0, 0.05) is 24.8 Å². The lowest BCUT2D eigenvalue weighted by Gasteiger charge is -2.42. The van der Waals surface area contributed by atoms with E-state index in [0.29, 0.717) is 6.04 Å². The number of fused-ring (bicyclic) bond motifs is 3. The van der Waals surface area contributed by atoms with Crippen LogP contribution >= 0.6 is 0 Å². The normalized spacial score (nSPS) is 28.1. The molecule has 5 nitrogen and oxygen atoms in total. The van der Waals surface area contributed by atoms with Gasteiger partial charge < -0.3 is 15.4 Å². The van der Waals surface area contributed by atoms with Crippen molar-refractivity contribution in [3.05, 3.63) is 29.3 Å². The molecule has 3 atom stereocenters. The number of benzene rings is 1. The van der Waals surface area contributed by atoms with Gasteiger partial charge in [-0.05, 0) is 76.1 Å². The fourth-order valence-corrected chi connectivity index (χ4v) is 4.69. The molecule has 0 spiro atoms. The molecule has 0 radical (unpaired) electrons. The Kier molecular flexibility index (Phi) is 4.38. The van der Waals surface area contributed by atoms with Crippen LogP contribution in [0.15, 0.2) is 18.2 Å².